The fourth-order valence-electron chi connectivity index (χ4n) is 4.42. The van der Waals surface area contributed by atoms with Gasteiger partial charge < -0.3 is 19.5 Å². The molecule has 0 aliphatic rings. The quantitative estimate of drug-likeness (QED) is 0.180. The van der Waals surface area contributed by atoms with Crippen molar-refractivity contribution in [2.24, 2.45) is 0 Å². The first-order valence-electron chi connectivity index (χ1n) is 13.1. The zero-order valence-corrected chi connectivity index (χ0v) is 22.4. The van der Waals surface area contributed by atoms with E-state index in [0.717, 1.165) is 28.8 Å². The maximum Gasteiger partial charge on any atom is 0.414 e. The lowest BCUT2D eigenvalue weighted by Gasteiger charge is -2.20. The average molecular weight is 509 g/mol. The molecule has 3 rings (SSSR count). The van der Waals surface area contributed by atoms with Crippen molar-refractivity contribution in [2.45, 2.75) is 65.7 Å². The van der Waals surface area contributed by atoms with Crippen molar-refractivity contribution in [1.29, 1.82) is 0 Å². The molecule has 0 saturated heterocycles. The normalized spacial score (nSPS) is 11.0. The summed E-state index contributed by atoms with van der Waals surface area (Å²) in [7, 11) is 0. The van der Waals surface area contributed by atoms with Gasteiger partial charge in [0, 0.05) is 17.3 Å². The number of rotatable bonds is 12. The van der Waals surface area contributed by atoms with Crippen LogP contribution in [0.25, 0.3) is 5.52 Å². The van der Waals surface area contributed by atoms with Crippen LogP contribution in [0.5, 0.6) is 0 Å². The van der Waals surface area contributed by atoms with Crippen LogP contribution in [0, 0.1) is 0 Å². The highest BCUT2D eigenvalue weighted by molar-refractivity contribution is 6.27. The fourth-order valence-corrected chi connectivity index (χ4v) is 4.42. The van der Waals surface area contributed by atoms with Crippen LogP contribution < -0.4 is 0 Å². The van der Waals surface area contributed by atoms with Gasteiger partial charge in [0.25, 0.3) is 0 Å². The minimum absolute atomic E-state index is 0.108. The summed E-state index contributed by atoms with van der Waals surface area (Å²) < 4.78 is 2.03. The van der Waals surface area contributed by atoms with E-state index in [4.69, 9.17) is 19.8 Å². The maximum absolute atomic E-state index is 13.4. The molecule has 0 fully saturated rings. The molecule has 0 amide bonds. The molecule has 200 valence electrons. The van der Waals surface area contributed by atoms with Crippen LogP contribution in [0.1, 0.15) is 86.5 Å². The van der Waals surface area contributed by atoms with E-state index in [9.17, 15) is 4.79 Å². The van der Waals surface area contributed by atoms with E-state index in [2.05, 4.69) is 56.9 Å². The summed E-state index contributed by atoms with van der Waals surface area (Å²) >= 11 is 0. The predicted octanol–water partition coefficient (Wildman–Crippen LogP) is 5.89. The smallest absolute Gasteiger partial charge is 0.414 e. The Balaban J connectivity index is 0.000000717. The van der Waals surface area contributed by atoms with Crippen molar-refractivity contribution in [3.8, 4) is 0 Å². The van der Waals surface area contributed by atoms with Gasteiger partial charge in [0.05, 0.1) is 5.69 Å². The number of aliphatic carboxylic acids is 2. The van der Waals surface area contributed by atoms with Crippen LogP contribution in [-0.2, 0) is 16.0 Å². The molecule has 7 heteroatoms. The lowest BCUT2D eigenvalue weighted by molar-refractivity contribution is -0.159. The molecule has 0 radical (unpaired) electrons. The number of hydrogen-bond acceptors (Lipinski definition) is 4. The molecule has 37 heavy (non-hydrogen) atoms. The third-order valence-corrected chi connectivity index (χ3v) is 6.21. The monoisotopic (exact) mass is 508 g/mol. The van der Waals surface area contributed by atoms with Crippen molar-refractivity contribution in [1.82, 2.24) is 9.30 Å². The summed E-state index contributed by atoms with van der Waals surface area (Å²) in [6.07, 6.45) is 7.94. The molecule has 0 saturated carbocycles. The van der Waals surface area contributed by atoms with E-state index < -0.39 is 11.9 Å². The van der Waals surface area contributed by atoms with Gasteiger partial charge >= 0.3 is 11.9 Å². The second kappa shape index (κ2) is 15.0. The number of aryl methyl sites for hydroxylation is 1. The van der Waals surface area contributed by atoms with Gasteiger partial charge in [-0.1, -0.05) is 58.0 Å². The van der Waals surface area contributed by atoms with Gasteiger partial charge in [0.15, 0.2) is 0 Å². The zero-order chi connectivity index (χ0) is 27.4. The van der Waals surface area contributed by atoms with Crippen LogP contribution in [0.4, 0.5) is 0 Å². The number of carboxylic acid groups (broad SMARTS) is 2. The van der Waals surface area contributed by atoms with E-state index in [1.807, 2.05) is 34.9 Å². The van der Waals surface area contributed by atoms with Crippen molar-refractivity contribution < 1.29 is 24.6 Å². The Bertz CT molecular complexity index is 1150. The number of pyridine rings is 1. The van der Waals surface area contributed by atoms with E-state index in [0.29, 0.717) is 5.92 Å². The number of carboxylic acids is 2. The summed E-state index contributed by atoms with van der Waals surface area (Å²) in [6, 6.07) is 16.5. The minimum atomic E-state index is -1.82. The van der Waals surface area contributed by atoms with Gasteiger partial charge in [0.1, 0.15) is 0 Å². The second-order valence-electron chi connectivity index (χ2n) is 9.53. The minimum Gasteiger partial charge on any atom is -0.473 e. The third-order valence-electron chi connectivity index (χ3n) is 6.21. The second-order valence-corrected chi connectivity index (χ2v) is 9.53. The number of carbonyl (C=O) groups is 3. The molecule has 2 N–H and O–H groups in total. The van der Waals surface area contributed by atoms with Crippen LogP contribution >= 0.6 is 0 Å². The summed E-state index contributed by atoms with van der Waals surface area (Å²) in [5.41, 5.74) is 5.07. The molecule has 2 heterocycles. The number of benzene rings is 1. The van der Waals surface area contributed by atoms with Gasteiger partial charge in [-0.25, -0.2) is 9.59 Å². The van der Waals surface area contributed by atoms with Crippen molar-refractivity contribution in [2.75, 3.05) is 19.6 Å². The standard InChI is InChI=1S/C28H38N2O.C2H2O4/c1-5-17-29(18-6-2)19-9-7-11-23-13-15-24(16-14-23)28(31)27-26(22(3)4)21-25-12-8-10-20-30(25)27;3-1(4)2(5)6/h8,10,12-16,20-22H,5-7,9,11,17-19H2,1-4H3;(H,3,4)(H,5,6). The molecule has 0 aliphatic carbocycles. The Morgan fingerprint density at radius 2 is 1.49 bits per heavy atom. The Hall–Kier alpha value is -3.45. The van der Waals surface area contributed by atoms with Gasteiger partial charge in [0.2, 0.25) is 5.78 Å². The number of ketones is 1. The molecule has 3 aromatic rings. The van der Waals surface area contributed by atoms with E-state index in [1.54, 1.807) is 0 Å². The number of unbranched alkanes of at least 4 members (excludes halogenated alkanes) is 1. The van der Waals surface area contributed by atoms with Crippen molar-refractivity contribution in [3.63, 3.8) is 0 Å². The maximum atomic E-state index is 13.4. The summed E-state index contributed by atoms with van der Waals surface area (Å²) in [5.74, 6) is -3.24. The molecule has 2 aromatic heterocycles. The van der Waals surface area contributed by atoms with Gasteiger partial charge in [-0.3, -0.25) is 4.79 Å². The first kappa shape index (κ1) is 29.8. The fraction of sp³-hybridized carbons (Fsp3) is 0.433. The zero-order valence-electron chi connectivity index (χ0n) is 22.4. The average Bonchev–Trinajstić information content (AvgIpc) is 3.27. The van der Waals surface area contributed by atoms with Crippen LogP contribution in [-0.4, -0.2) is 56.9 Å². The Labute approximate surface area is 219 Å². The highest BCUT2D eigenvalue weighted by Crippen LogP contribution is 2.26. The number of fused-ring (bicyclic) bond motifs is 1. The topological polar surface area (TPSA) is 99.3 Å². The molecule has 0 bridgehead atoms. The molecule has 0 aliphatic heterocycles. The highest BCUT2D eigenvalue weighted by Gasteiger charge is 2.20. The van der Waals surface area contributed by atoms with Crippen molar-refractivity contribution in [3.05, 3.63) is 77.1 Å². The van der Waals surface area contributed by atoms with Gasteiger partial charge in [-0.15, -0.1) is 0 Å². The van der Waals surface area contributed by atoms with E-state index in [-0.39, 0.29) is 5.78 Å². The van der Waals surface area contributed by atoms with Crippen molar-refractivity contribution >= 4 is 23.2 Å². The molecular formula is C30H40N2O5. The first-order chi connectivity index (χ1) is 17.7. The first-order valence-corrected chi connectivity index (χ1v) is 13.1. The molecule has 1 aromatic carbocycles. The molecule has 0 atom stereocenters. The molecule has 7 nitrogen and oxygen atoms in total. The number of aromatic nitrogens is 1. The van der Waals surface area contributed by atoms with E-state index in [1.165, 1.54) is 50.9 Å². The number of nitrogens with zero attached hydrogens (tertiary/aromatic N) is 2. The third kappa shape index (κ3) is 8.86. The van der Waals surface area contributed by atoms with Gasteiger partial charge in [-0.2, -0.15) is 0 Å². The summed E-state index contributed by atoms with van der Waals surface area (Å²) in [5, 5.41) is 14.8. The Kier molecular flexibility index (Phi) is 12.0. The summed E-state index contributed by atoms with van der Waals surface area (Å²) in [4.78, 5) is 34.2. The van der Waals surface area contributed by atoms with E-state index >= 15 is 0 Å². The van der Waals surface area contributed by atoms with Crippen LogP contribution in [0.2, 0.25) is 0 Å². The lowest BCUT2D eigenvalue weighted by atomic mass is 9.97. The van der Waals surface area contributed by atoms with Crippen LogP contribution in [0.15, 0.2) is 54.7 Å². The summed E-state index contributed by atoms with van der Waals surface area (Å²) in [6.45, 7) is 12.4. The molecular weight excluding hydrogens is 468 g/mol. The highest BCUT2D eigenvalue weighted by atomic mass is 16.4. The largest absolute Gasteiger partial charge is 0.473 e. The Morgan fingerprint density at radius 3 is 2.03 bits per heavy atom. The SMILES string of the molecule is CCCN(CCC)CCCCc1ccc(C(=O)c2c(C(C)C)cc3ccccn23)cc1.O=C(O)C(=O)O. The molecule has 0 spiro atoms. The number of carbonyl (C=O) groups excluding carboxylic acids is 1. The van der Waals surface area contributed by atoms with Gasteiger partial charge in [-0.05, 0) is 87.0 Å². The molecule has 0 unspecified atom stereocenters. The lowest BCUT2D eigenvalue weighted by Crippen LogP contribution is -2.26. The predicted molar refractivity (Wildman–Crippen MR) is 147 cm³/mol. The van der Waals surface area contributed by atoms with Crippen LogP contribution in [0.3, 0.4) is 0 Å². The number of hydrogen-bond donors (Lipinski definition) is 2. The Morgan fingerprint density at radius 1 is 0.865 bits per heavy atom.